The van der Waals surface area contributed by atoms with E-state index in [0.29, 0.717) is 12.0 Å². The first-order valence-corrected chi connectivity index (χ1v) is 7.43. The molecule has 0 heterocycles. The van der Waals surface area contributed by atoms with Crippen LogP contribution >= 0.6 is 0 Å². The molecule has 106 valence electrons. The third kappa shape index (κ3) is 3.71. The third-order valence-electron chi connectivity index (χ3n) is 3.73. The summed E-state index contributed by atoms with van der Waals surface area (Å²) in [6, 6.07) is 18.1. The highest BCUT2D eigenvalue weighted by molar-refractivity contribution is 5.39. The summed E-state index contributed by atoms with van der Waals surface area (Å²) in [5.41, 5.74) is 5.52. The van der Waals surface area contributed by atoms with Crippen molar-refractivity contribution in [2.45, 2.75) is 39.7 Å². The zero-order valence-corrected chi connectivity index (χ0v) is 13.0. The lowest BCUT2D eigenvalue weighted by Crippen LogP contribution is -2.28. The molecule has 0 aliphatic carbocycles. The predicted molar refractivity (Wildman–Crippen MR) is 87.3 cm³/mol. The van der Waals surface area contributed by atoms with Crippen molar-refractivity contribution in [3.8, 4) is 0 Å². The van der Waals surface area contributed by atoms with Gasteiger partial charge in [-0.2, -0.15) is 0 Å². The van der Waals surface area contributed by atoms with Crippen molar-refractivity contribution < 1.29 is 0 Å². The first-order chi connectivity index (χ1) is 9.58. The molecule has 1 N–H and O–H groups in total. The Kier molecular flexibility index (Phi) is 4.97. The Morgan fingerprint density at radius 2 is 1.65 bits per heavy atom. The van der Waals surface area contributed by atoms with Crippen LogP contribution in [-0.4, -0.2) is 12.6 Å². The fraction of sp³-hybridized carbons (Fsp3) is 0.368. The first-order valence-electron chi connectivity index (χ1n) is 7.43. The van der Waals surface area contributed by atoms with Gasteiger partial charge in [-0.25, -0.2) is 0 Å². The molecular weight excluding hydrogens is 242 g/mol. The van der Waals surface area contributed by atoms with Gasteiger partial charge in [0.05, 0.1) is 0 Å². The molecule has 0 fully saturated rings. The number of benzene rings is 2. The van der Waals surface area contributed by atoms with Gasteiger partial charge in [0.1, 0.15) is 0 Å². The summed E-state index contributed by atoms with van der Waals surface area (Å²) in [4.78, 5) is 0. The molecule has 1 unspecified atom stereocenters. The van der Waals surface area contributed by atoms with Crippen LogP contribution in [0.25, 0.3) is 0 Å². The molecule has 0 aromatic heterocycles. The van der Waals surface area contributed by atoms with E-state index in [2.05, 4.69) is 81.5 Å². The van der Waals surface area contributed by atoms with E-state index in [1.54, 1.807) is 0 Å². The van der Waals surface area contributed by atoms with E-state index in [0.717, 1.165) is 6.54 Å². The molecule has 2 aromatic carbocycles. The van der Waals surface area contributed by atoms with E-state index in [4.69, 9.17) is 0 Å². The Morgan fingerprint density at radius 3 is 2.25 bits per heavy atom. The molecule has 0 saturated heterocycles. The summed E-state index contributed by atoms with van der Waals surface area (Å²) < 4.78 is 0. The maximum atomic E-state index is 3.58. The van der Waals surface area contributed by atoms with Crippen molar-refractivity contribution in [3.05, 3.63) is 70.8 Å². The summed E-state index contributed by atoms with van der Waals surface area (Å²) in [5.74, 6) is 0.416. The van der Waals surface area contributed by atoms with Gasteiger partial charge in [0.25, 0.3) is 0 Å². The predicted octanol–water partition coefficient (Wildman–Crippen LogP) is 4.43. The smallest absolute Gasteiger partial charge is 0.0217 e. The van der Waals surface area contributed by atoms with Crippen LogP contribution < -0.4 is 5.32 Å². The molecule has 0 aliphatic rings. The Hall–Kier alpha value is -1.60. The average Bonchev–Trinajstić information content (AvgIpc) is 2.42. The van der Waals surface area contributed by atoms with Crippen molar-refractivity contribution >= 4 is 0 Å². The van der Waals surface area contributed by atoms with Crippen molar-refractivity contribution in [2.75, 3.05) is 6.54 Å². The van der Waals surface area contributed by atoms with Gasteiger partial charge in [0.15, 0.2) is 0 Å². The summed E-state index contributed by atoms with van der Waals surface area (Å²) in [5, 5.41) is 3.58. The highest BCUT2D eigenvalue weighted by atomic mass is 14.9. The maximum absolute atomic E-state index is 3.58. The van der Waals surface area contributed by atoms with Crippen molar-refractivity contribution in [1.29, 1.82) is 0 Å². The normalized spacial score (nSPS) is 12.7. The molecule has 2 rings (SSSR count). The lowest BCUT2D eigenvalue weighted by Gasteiger charge is -2.22. The van der Waals surface area contributed by atoms with Gasteiger partial charge in [-0.3, -0.25) is 0 Å². The molecule has 0 bridgehead atoms. The van der Waals surface area contributed by atoms with Crippen LogP contribution in [0.4, 0.5) is 0 Å². The van der Waals surface area contributed by atoms with Gasteiger partial charge in [0.2, 0.25) is 0 Å². The molecule has 1 nitrogen and oxygen atoms in total. The highest BCUT2D eigenvalue weighted by Crippen LogP contribution is 2.27. The molecule has 0 saturated carbocycles. The number of nitrogens with one attached hydrogen (secondary N) is 1. The zero-order valence-electron chi connectivity index (χ0n) is 13.0. The first kappa shape index (κ1) is 14.8. The highest BCUT2D eigenvalue weighted by Gasteiger charge is 2.16. The number of hydrogen-bond donors (Lipinski definition) is 1. The van der Waals surface area contributed by atoms with E-state index < -0.39 is 0 Å². The fourth-order valence-electron chi connectivity index (χ4n) is 2.66. The molecule has 0 aliphatic heterocycles. The molecule has 20 heavy (non-hydrogen) atoms. The van der Waals surface area contributed by atoms with Gasteiger partial charge in [-0.05, 0) is 30.5 Å². The Morgan fingerprint density at radius 1 is 0.950 bits per heavy atom. The van der Waals surface area contributed by atoms with Crippen LogP contribution in [0.2, 0.25) is 0 Å². The lowest BCUT2D eigenvalue weighted by atomic mass is 9.87. The molecule has 1 heteroatoms. The minimum absolute atomic E-state index is 0.416. The second kappa shape index (κ2) is 6.71. The SMILES string of the molecule is Cc1ccc(C(CNC(C)C)c2ccccc2)c(C)c1. The topological polar surface area (TPSA) is 12.0 Å². The second-order valence-electron chi connectivity index (χ2n) is 5.89. The van der Waals surface area contributed by atoms with Gasteiger partial charge < -0.3 is 5.32 Å². The molecule has 0 radical (unpaired) electrons. The van der Waals surface area contributed by atoms with E-state index in [-0.39, 0.29) is 0 Å². The Bertz CT molecular complexity index is 543. The lowest BCUT2D eigenvalue weighted by molar-refractivity contribution is 0.560. The van der Waals surface area contributed by atoms with Crippen LogP contribution in [0, 0.1) is 13.8 Å². The quantitative estimate of drug-likeness (QED) is 0.845. The van der Waals surface area contributed by atoms with E-state index >= 15 is 0 Å². The van der Waals surface area contributed by atoms with Gasteiger partial charge >= 0.3 is 0 Å². The zero-order chi connectivity index (χ0) is 14.5. The third-order valence-corrected chi connectivity index (χ3v) is 3.73. The summed E-state index contributed by atoms with van der Waals surface area (Å²) in [6.07, 6.45) is 0. The van der Waals surface area contributed by atoms with E-state index in [1.165, 1.54) is 22.3 Å². The Labute approximate surface area is 123 Å². The number of hydrogen-bond acceptors (Lipinski definition) is 1. The van der Waals surface area contributed by atoms with E-state index in [1.807, 2.05) is 0 Å². The minimum atomic E-state index is 0.416. The summed E-state index contributed by atoms with van der Waals surface area (Å²) >= 11 is 0. The van der Waals surface area contributed by atoms with Crippen LogP contribution in [0.5, 0.6) is 0 Å². The standard InChI is InChI=1S/C19H25N/c1-14(2)20-13-19(17-8-6-5-7-9-17)18-11-10-15(3)12-16(18)4/h5-12,14,19-20H,13H2,1-4H3. The minimum Gasteiger partial charge on any atom is -0.314 e. The fourth-order valence-corrected chi connectivity index (χ4v) is 2.66. The molecule has 0 amide bonds. The molecular formula is C19H25N. The Balaban J connectivity index is 2.35. The van der Waals surface area contributed by atoms with Gasteiger partial charge in [0, 0.05) is 18.5 Å². The van der Waals surface area contributed by atoms with Gasteiger partial charge in [-0.15, -0.1) is 0 Å². The average molecular weight is 267 g/mol. The number of aryl methyl sites for hydroxylation is 2. The van der Waals surface area contributed by atoms with Crippen molar-refractivity contribution in [2.24, 2.45) is 0 Å². The monoisotopic (exact) mass is 267 g/mol. The van der Waals surface area contributed by atoms with Crippen LogP contribution in [-0.2, 0) is 0 Å². The van der Waals surface area contributed by atoms with E-state index in [9.17, 15) is 0 Å². The molecule has 2 aromatic rings. The second-order valence-corrected chi connectivity index (χ2v) is 5.89. The molecule has 1 atom stereocenters. The largest absolute Gasteiger partial charge is 0.314 e. The summed E-state index contributed by atoms with van der Waals surface area (Å²) in [6.45, 7) is 9.74. The van der Waals surface area contributed by atoms with Crippen molar-refractivity contribution in [1.82, 2.24) is 5.32 Å². The number of rotatable bonds is 5. The molecule has 0 spiro atoms. The van der Waals surface area contributed by atoms with Gasteiger partial charge in [-0.1, -0.05) is 67.9 Å². The van der Waals surface area contributed by atoms with Crippen LogP contribution in [0.1, 0.15) is 42.0 Å². The maximum Gasteiger partial charge on any atom is 0.0217 e. The van der Waals surface area contributed by atoms with Crippen LogP contribution in [0.15, 0.2) is 48.5 Å². The van der Waals surface area contributed by atoms with Crippen molar-refractivity contribution in [3.63, 3.8) is 0 Å². The summed E-state index contributed by atoms with van der Waals surface area (Å²) in [7, 11) is 0. The van der Waals surface area contributed by atoms with Crippen LogP contribution in [0.3, 0.4) is 0 Å².